The highest BCUT2D eigenvalue weighted by molar-refractivity contribution is 7.88. The fourth-order valence-electron chi connectivity index (χ4n) is 2.38. The van der Waals surface area contributed by atoms with Crippen LogP contribution in [-0.4, -0.2) is 21.5 Å². The first-order valence-electron chi connectivity index (χ1n) is 7.77. The Balaban J connectivity index is 2.23. The van der Waals surface area contributed by atoms with Crippen LogP contribution >= 0.6 is 23.2 Å². The van der Waals surface area contributed by atoms with E-state index < -0.39 is 22.0 Å². The van der Waals surface area contributed by atoms with E-state index in [1.54, 1.807) is 24.3 Å². The Morgan fingerprint density at radius 1 is 1.12 bits per heavy atom. The fourth-order valence-corrected chi connectivity index (χ4v) is 4.06. The number of methoxy groups -OCH3 is 1. The van der Waals surface area contributed by atoms with E-state index in [4.69, 9.17) is 23.2 Å². The zero-order chi connectivity index (χ0) is 19.3. The number of esters is 1. The molecule has 0 fully saturated rings. The molecule has 2 aromatic carbocycles. The second-order valence-electron chi connectivity index (χ2n) is 5.87. The van der Waals surface area contributed by atoms with Gasteiger partial charge in [-0.3, -0.25) is 4.79 Å². The third kappa shape index (κ3) is 5.99. The molecule has 2 aromatic rings. The summed E-state index contributed by atoms with van der Waals surface area (Å²) in [6.45, 7) is 1.92. The molecule has 1 unspecified atom stereocenters. The van der Waals surface area contributed by atoms with E-state index in [0.29, 0.717) is 16.1 Å². The highest BCUT2D eigenvalue weighted by Gasteiger charge is 2.23. The highest BCUT2D eigenvalue weighted by Crippen LogP contribution is 2.24. The molecule has 1 N–H and O–H groups in total. The molecule has 0 amide bonds. The lowest BCUT2D eigenvalue weighted by atomic mass is 10.0. The molecule has 0 spiro atoms. The molecule has 0 bridgehead atoms. The quantitative estimate of drug-likeness (QED) is 0.692. The van der Waals surface area contributed by atoms with Gasteiger partial charge in [-0.05, 0) is 30.2 Å². The number of carbonyl (C=O) groups excluding carboxylic acids is 1. The molecule has 0 radical (unpaired) electrons. The van der Waals surface area contributed by atoms with Crippen LogP contribution in [-0.2, 0) is 25.3 Å². The molecular weight excluding hydrogens is 397 g/mol. The average molecular weight is 416 g/mol. The fraction of sp³-hybridized carbons (Fsp3) is 0.278. The van der Waals surface area contributed by atoms with Crippen molar-refractivity contribution in [2.45, 2.75) is 25.1 Å². The lowest BCUT2D eigenvalue weighted by Gasteiger charge is -2.18. The molecule has 0 aliphatic rings. The van der Waals surface area contributed by atoms with Crippen molar-refractivity contribution in [1.29, 1.82) is 0 Å². The van der Waals surface area contributed by atoms with Crippen molar-refractivity contribution in [3.8, 4) is 0 Å². The maximum Gasteiger partial charge on any atom is 0.307 e. The minimum atomic E-state index is -3.74. The van der Waals surface area contributed by atoms with Crippen LogP contribution in [0.3, 0.4) is 0 Å². The first-order chi connectivity index (χ1) is 12.2. The van der Waals surface area contributed by atoms with E-state index in [1.807, 2.05) is 19.1 Å². The molecule has 0 saturated carbocycles. The van der Waals surface area contributed by atoms with Crippen molar-refractivity contribution in [3.63, 3.8) is 0 Å². The van der Waals surface area contributed by atoms with Crippen LogP contribution in [0, 0.1) is 6.92 Å². The molecule has 1 atom stereocenters. The van der Waals surface area contributed by atoms with Crippen molar-refractivity contribution < 1.29 is 17.9 Å². The van der Waals surface area contributed by atoms with Gasteiger partial charge in [0, 0.05) is 0 Å². The van der Waals surface area contributed by atoms with Gasteiger partial charge < -0.3 is 4.74 Å². The second kappa shape index (κ2) is 8.86. The minimum Gasteiger partial charge on any atom is -0.469 e. The Labute approximate surface area is 163 Å². The molecule has 8 heteroatoms. The van der Waals surface area contributed by atoms with Gasteiger partial charge in [-0.25, -0.2) is 13.1 Å². The summed E-state index contributed by atoms with van der Waals surface area (Å²) < 4.78 is 32.4. The number of carbonyl (C=O) groups is 1. The van der Waals surface area contributed by atoms with Gasteiger partial charge in [-0.15, -0.1) is 0 Å². The Morgan fingerprint density at radius 2 is 1.77 bits per heavy atom. The molecular formula is C18H19Cl2NO4S. The summed E-state index contributed by atoms with van der Waals surface area (Å²) >= 11 is 11.8. The van der Waals surface area contributed by atoms with Crippen molar-refractivity contribution >= 4 is 39.2 Å². The Morgan fingerprint density at radius 3 is 2.35 bits per heavy atom. The van der Waals surface area contributed by atoms with Gasteiger partial charge in [0.15, 0.2) is 0 Å². The van der Waals surface area contributed by atoms with Crippen LogP contribution in [0.1, 0.15) is 29.2 Å². The molecule has 0 aromatic heterocycles. The van der Waals surface area contributed by atoms with Gasteiger partial charge in [0.05, 0.1) is 35.4 Å². The van der Waals surface area contributed by atoms with Gasteiger partial charge in [0.2, 0.25) is 10.0 Å². The third-order valence-electron chi connectivity index (χ3n) is 3.74. The Kier molecular flexibility index (Phi) is 7.06. The molecule has 0 heterocycles. The van der Waals surface area contributed by atoms with Crippen LogP contribution in [0.2, 0.25) is 10.0 Å². The van der Waals surface area contributed by atoms with Crippen molar-refractivity contribution in [2.24, 2.45) is 0 Å². The molecule has 0 saturated heterocycles. The highest BCUT2D eigenvalue weighted by atomic mass is 35.5. The Bertz CT molecular complexity index is 883. The van der Waals surface area contributed by atoms with Crippen LogP contribution < -0.4 is 4.72 Å². The summed E-state index contributed by atoms with van der Waals surface area (Å²) in [4.78, 5) is 11.7. The topological polar surface area (TPSA) is 72.5 Å². The number of hydrogen-bond donors (Lipinski definition) is 1. The van der Waals surface area contributed by atoms with Crippen LogP contribution in [0.15, 0.2) is 42.5 Å². The van der Waals surface area contributed by atoms with Crippen LogP contribution in [0.25, 0.3) is 0 Å². The van der Waals surface area contributed by atoms with E-state index in [-0.39, 0.29) is 17.2 Å². The van der Waals surface area contributed by atoms with Crippen molar-refractivity contribution in [3.05, 3.63) is 69.2 Å². The SMILES string of the molecule is COC(=O)CC(NS(=O)(=O)Cc1ccc(Cl)c(Cl)c1)c1ccc(C)cc1. The first kappa shape index (κ1) is 20.7. The lowest BCUT2D eigenvalue weighted by Crippen LogP contribution is -2.31. The maximum atomic E-state index is 12.6. The van der Waals surface area contributed by atoms with Gasteiger partial charge in [0.1, 0.15) is 0 Å². The number of halogens is 2. The Hall–Kier alpha value is -1.60. The zero-order valence-corrected chi connectivity index (χ0v) is 16.7. The number of sulfonamides is 1. The normalized spacial score (nSPS) is 12.6. The largest absolute Gasteiger partial charge is 0.469 e. The number of hydrogen-bond acceptors (Lipinski definition) is 4. The molecule has 26 heavy (non-hydrogen) atoms. The summed E-state index contributed by atoms with van der Waals surface area (Å²) in [5.74, 6) is -0.791. The standard InChI is InChI=1S/C18H19Cl2NO4S/c1-12-3-6-14(7-4-12)17(10-18(22)25-2)21-26(23,24)11-13-5-8-15(19)16(20)9-13/h3-9,17,21H,10-11H2,1-2H3. The zero-order valence-electron chi connectivity index (χ0n) is 14.3. The number of rotatable bonds is 7. The van der Waals surface area contributed by atoms with E-state index in [1.165, 1.54) is 13.2 Å². The van der Waals surface area contributed by atoms with Crippen LogP contribution in [0.4, 0.5) is 0 Å². The second-order valence-corrected chi connectivity index (χ2v) is 8.44. The first-order valence-corrected chi connectivity index (χ1v) is 10.2. The number of benzene rings is 2. The summed E-state index contributed by atoms with van der Waals surface area (Å²) in [6, 6.07) is 11.2. The summed E-state index contributed by atoms with van der Waals surface area (Å²) in [5, 5.41) is 0.632. The predicted molar refractivity (Wildman–Crippen MR) is 103 cm³/mol. The van der Waals surface area contributed by atoms with Gasteiger partial charge in [-0.2, -0.15) is 0 Å². The average Bonchev–Trinajstić information content (AvgIpc) is 2.57. The van der Waals surface area contributed by atoms with Gasteiger partial charge in [0.25, 0.3) is 0 Å². The van der Waals surface area contributed by atoms with E-state index >= 15 is 0 Å². The van der Waals surface area contributed by atoms with E-state index in [2.05, 4.69) is 9.46 Å². The number of nitrogens with one attached hydrogen (secondary N) is 1. The van der Waals surface area contributed by atoms with E-state index in [0.717, 1.165) is 5.56 Å². The summed E-state index contributed by atoms with van der Waals surface area (Å²) in [6.07, 6.45) is -0.111. The molecule has 0 aliphatic carbocycles. The number of aryl methyl sites for hydroxylation is 1. The third-order valence-corrected chi connectivity index (χ3v) is 5.84. The minimum absolute atomic E-state index is 0.111. The van der Waals surface area contributed by atoms with Gasteiger partial charge >= 0.3 is 5.97 Å². The lowest BCUT2D eigenvalue weighted by molar-refractivity contribution is -0.141. The van der Waals surface area contributed by atoms with Crippen molar-refractivity contribution in [1.82, 2.24) is 4.72 Å². The number of ether oxygens (including phenoxy) is 1. The maximum absolute atomic E-state index is 12.6. The molecule has 5 nitrogen and oxygen atoms in total. The van der Waals surface area contributed by atoms with Crippen molar-refractivity contribution in [2.75, 3.05) is 7.11 Å². The summed E-state index contributed by atoms with van der Waals surface area (Å²) in [5.41, 5.74) is 2.20. The van der Waals surface area contributed by atoms with E-state index in [9.17, 15) is 13.2 Å². The molecule has 140 valence electrons. The van der Waals surface area contributed by atoms with Gasteiger partial charge in [-0.1, -0.05) is 59.1 Å². The smallest absolute Gasteiger partial charge is 0.307 e. The predicted octanol–water partition coefficient (Wildman–Crippen LogP) is 4.03. The summed E-state index contributed by atoms with van der Waals surface area (Å²) in [7, 11) is -2.47. The molecule has 0 aliphatic heterocycles. The monoisotopic (exact) mass is 415 g/mol. The molecule has 2 rings (SSSR count). The van der Waals surface area contributed by atoms with Crippen LogP contribution in [0.5, 0.6) is 0 Å².